The second kappa shape index (κ2) is 7.05. The van der Waals surface area contributed by atoms with Crippen LogP contribution in [0.2, 0.25) is 0 Å². The van der Waals surface area contributed by atoms with Crippen molar-refractivity contribution in [2.24, 2.45) is 17.8 Å². The normalized spacial score (nSPS) is 36.9. The van der Waals surface area contributed by atoms with Gasteiger partial charge in [-0.25, -0.2) is 0 Å². The molecule has 2 fully saturated rings. The lowest BCUT2D eigenvalue weighted by molar-refractivity contribution is -0.0147. The molecule has 3 heteroatoms. The van der Waals surface area contributed by atoms with Crippen LogP contribution >= 0.6 is 0 Å². The molecule has 4 unspecified atom stereocenters. The van der Waals surface area contributed by atoms with E-state index in [-0.39, 0.29) is 0 Å². The Hall–Kier alpha value is -0.120. The zero-order chi connectivity index (χ0) is 13.8. The molecule has 4 atom stereocenters. The van der Waals surface area contributed by atoms with Gasteiger partial charge >= 0.3 is 0 Å². The van der Waals surface area contributed by atoms with E-state index in [1.54, 1.807) is 0 Å². The van der Waals surface area contributed by atoms with Crippen molar-refractivity contribution in [3.05, 3.63) is 0 Å². The molecule has 112 valence electrons. The Kier molecular flexibility index (Phi) is 5.67. The van der Waals surface area contributed by atoms with Gasteiger partial charge < -0.3 is 15.0 Å². The first-order valence-corrected chi connectivity index (χ1v) is 8.10. The fourth-order valence-corrected chi connectivity index (χ4v) is 3.85. The van der Waals surface area contributed by atoms with Crippen molar-refractivity contribution in [3.63, 3.8) is 0 Å². The van der Waals surface area contributed by atoms with Crippen LogP contribution in [0.1, 0.15) is 40.0 Å². The zero-order valence-electron chi connectivity index (χ0n) is 13.2. The summed E-state index contributed by atoms with van der Waals surface area (Å²) in [6.45, 7) is 11.2. The Morgan fingerprint density at radius 1 is 1.32 bits per heavy atom. The lowest BCUT2D eigenvalue weighted by atomic mass is 9.73. The van der Waals surface area contributed by atoms with Crippen LogP contribution in [0.4, 0.5) is 0 Å². The van der Waals surface area contributed by atoms with Gasteiger partial charge in [-0.05, 0) is 37.6 Å². The molecule has 2 rings (SSSR count). The predicted molar refractivity (Wildman–Crippen MR) is 80.4 cm³/mol. The summed E-state index contributed by atoms with van der Waals surface area (Å²) in [4.78, 5) is 2.58. The number of rotatable bonds is 4. The molecule has 0 aromatic rings. The van der Waals surface area contributed by atoms with Crippen molar-refractivity contribution in [2.75, 3.05) is 33.3 Å². The number of nitrogens with one attached hydrogen (secondary N) is 1. The largest absolute Gasteiger partial charge is 0.374 e. The average molecular weight is 268 g/mol. The Balaban J connectivity index is 1.91. The summed E-state index contributed by atoms with van der Waals surface area (Å²) in [7, 11) is 2.30. The SMILES string of the molecule is CC1CCC(C(C)C)C(N(C)CC2CNCCO2)C1. The fourth-order valence-electron chi connectivity index (χ4n) is 3.85. The van der Waals surface area contributed by atoms with Crippen molar-refractivity contribution >= 4 is 0 Å². The predicted octanol–water partition coefficient (Wildman–Crippen LogP) is 2.37. The molecular weight excluding hydrogens is 236 g/mol. The maximum atomic E-state index is 5.86. The van der Waals surface area contributed by atoms with Crippen molar-refractivity contribution < 1.29 is 4.74 Å². The van der Waals surface area contributed by atoms with E-state index in [2.05, 4.69) is 38.0 Å². The van der Waals surface area contributed by atoms with Gasteiger partial charge in [0.15, 0.2) is 0 Å². The van der Waals surface area contributed by atoms with Crippen molar-refractivity contribution in [2.45, 2.75) is 52.2 Å². The van der Waals surface area contributed by atoms with Gasteiger partial charge in [0.05, 0.1) is 12.7 Å². The summed E-state index contributed by atoms with van der Waals surface area (Å²) in [6.07, 6.45) is 4.55. The first-order valence-electron chi connectivity index (χ1n) is 8.10. The summed E-state index contributed by atoms with van der Waals surface area (Å²) in [5.74, 6) is 2.54. The van der Waals surface area contributed by atoms with Gasteiger partial charge in [0.2, 0.25) is 0 Å². The standard InChI is InChI=1S/C16H32N2O/c1-12(2)15-6-5-13(3)9-16(15)18(4)11-14-10-17-7-8-19-14/h12-17H,5-11H2,1-4H3. The zero-order valence-corrected chi connectivity index (χ0v) is 13.2. The molecule has 0 amide bonds. The number of morpholine rings is 1. The van der Waals surface area contributed by atoms with Gasteiger partial charge in [0.1, 0.15) is 0 Å². The fraction of sp³-hybridized carbons (Fsp3) is 1.00. The molecule has 19 heavy (non-hydrogen) atoms. The molecule has 3 nitrogen and oxygen atoms in total. The number of ether oxygens (including phenoxy) is 1. The van der Waals surface area contributed by atoms with E-state index in [1.165, 1.54) is 19.3 Å². The van der Waals surface area contributed by atoms with E-state index < -0.39 is 0 Å². The second-order valence-electron chi connectivity index (χ2n) is 7.03. The number of hydrogen-bond acceptors (Lipinski definition) is 3. The summed E-state index contributed by atoms with van der Waals surface area (Å²) in [5, 5.41) is 3.43. The van der Waals surface area contributed by atoms with Gasteiger partial charge in [-0.15, -0.1) is 0 Å². The van der Waals surface area contributed by atoms with Crippen LogP contribution in [0.5, 0.6) is 0 Å². The highest BCUT2D eigenvalue weighted by atomic mass is 16.5. The first-order chi connectivity index (χ1) is 9.08. The smallest absolute Gasteiger partial charge is 0.0826 e. The minimum atomic E-state index is 0.379. The highest BCUT2D eigenvalue weighted by molar-refractivity contribution is 4.87. The third-order valence-electron chi connectivity index (χ3n) is 5.05. The topological polar surface area (TPSA) is 24.5 Å². The van der Waals surface area contributed by atoms with Crippen LogP contribution in [-0.4, -0.2) is 50.3 Å². The van der Waals surface area contributed by atoms with Gasteiger partial charge in [0, 0.05) is 25.7 Å². The number of hydrogen-bond donors (Lipinski definition) is 1. The Labute approximate surface area is 119 Å². The Bertz CT molecular complexity index is 263. The van der Waals surface area contributed by atoms with Crippen LogP contribution in [-0.2, 0) is 4.74 Å². The van der Waals surface area contributed by atoms with Crippen molar-refractivity contribution in [3.8, 4) is 0 Å². The third-order valence-corrected chi connectivity index (χ3v) is 5.05. The van der Waals surface area contributed by atoms with Gasteiger partial charge in [-0.1, -0.05) is 27.2 Å². The molecule has 1 N–H and O–H groups in total. The number of nitrogens with zero attached hydrogens (tertiary/aromatic N) is 1. The van der Waals surface area contributed by atoms with Crippen molar-refractivity contribution in [1.29, 1.82) is 0 Å². The average Bonchev–Trinajstić information content (AvgIpc) is 2.39. The highest BCUT2D eigenvalue weighted by Gasteiger charge is 2.34. The van der Waals surface area contributed by atoms with E-state index in [9.17, 15) is 0 Å². The lowest BCUT2D eigenvalue weighted by Crippen LogP contribution is -2.50. The first kappa shape index (κ1) is 15.3. The molecule has 0 bridgehead atoms. The van der Waals surface area contributed by atoms with Crippen molar-refractivity contribution in [1.82, 2.24) is 10.2 Å². The summed E-state index contributed by atoms with van der Waals surface area (Å²) in [6, 6.07) is 0.745. The van der Waals surface area contributed by atoms with E-state index in [0.29, 0.717) is 6.10 Å². The maximum absolute atomic E-state index is 5.86. The lowest BCUT2D eigenvalue weighted by Gasteiger charge is -2.43. The molecule has 1 saturated heterocycles. The van der Waals surface area contributed by atoms with Crippen LogP contribution < -0.4 is 5.32 Å². The summed E-state index contributed by atoms with van der Waals surface area (Å²) >= 11 is 0. The molecule has 1 aliphatic carbocycles. The molecule has 0 spiro atoms. The molecule has 1 saturated carbocycles. The molecular formula is C16H32N2O. The molecule has 0 aromatic heterocycles. The Morgan fingerprint density at radius 2 is 2.11 bits per heavy atom. The summed E-state index contributed by atoms with van der Waals surface area (Å²) in [5.41, 5.74) is 0. The van der Waals surface area contributed by atoms with E-state index in [4.69, 9.17) is 4.74 Å². The van der Waals surface area contributed by atoms with Crippen LogP contribution in [0.3, 0.4) is 0 Å². The van der Waals surface area contributed by atoms with E-state index >= 15 is 0 Å². The molecule has 2 aliphatic rings. The quantitative estimate of drug-likeness (QED) is 0.847. The molecule has 0 radical (unpaired) electrons. The molecule has 1 aliphatic heterocycles. The van der Waals surface area contributed by atoms with Gasteiger partial charge in [0.25, 0.3) is 0 Å². The minimum absolute atomic E-state index is 0.379. The third kappa shape index (κ3) is 4.17. The molecule has 1 heterocycles. The van der Waals surface area contributed by atoms with Crippen LogP contribution in [0.25, 0.3) is 0 Å². The summed E-state index contributed by atoms with van der Waals surface area (Å²) < 4.78 is 5.86. The van der Waals surface area contributed by atoms with Gasteiger partial charge in [-0.3, -0.25) is 0 Å². The Morgan fingerprint density at radius 3 is 2.74 bits per heavy atom. The highest BCUT2D eigenvalue weighted by Crippen LogP contribution is 2.36. The number of likely N-dealkylation sites (N-methyl/N-ethyl adjacent to an activating group) is 1. The molecule has 0 aromatic carbocycles. The van der Waals surface area contributed by atoms with Crippen LogP contribution in [0.15, 0.2) is 0 Å². The minimum Gasteiger partial charge on any atom is -0.374 e. The van der Waals surface area contributed by atoms with E-state index in [1.807, 2.05) is 0 Å². The second-order valence-corrected chi connectivity index (χ2v) is 7.03. The van der Waals surface area contributed by atoms with E-state index in [0.717, 1.165) is 50.0 Å². The monoisotopic (exact) mass is 268 g/mol. The van der Waals surface area contributed by atoms with Gasteiger partial charge in [-0.2, -0.15) is 0 Å². The van der Waals surface area contributed by atoms with Crippen LogP contribution in [0, 0.1) is 17.8 Å². The maximum Gasteiger partial charge on any atom is 0.0826 e.